The summed E-state index contributed by atoms with van der Waals surface area (Å²) in [6.45, 7) is 1.99. The van der Waals surface area contributed by atoms with E-state index >= 15 is 0 Å². The molecule has 6 heteroatoms. The monoisotopic (exact) mass is 267 g/mol. The predicted molar refractivity (Wildman–Crippen MR) is 67.7 cm³/mol. The fourth-order valence-electron chi connectivity index (χ4n) is 1.36. The maximum absolute atomic E-state index is 11.1. The molecule has 1 rings (SSSR count). The van der Waals surface area contributed by atoms with Crippen molar-refractivity contribution in [2.24, 2.45) is 0 Å². The van der Waals surface area contributed by atoms with Crippen molar-refractivity contribution >= 4 is 12.1 Å². The van der Waals surface area contributed by atoms with Crippen LogP contribution in [-0.2, 0) is 20.9 Å². The summed E-state index contributed by atoms with van der Waals surface area (Å²) in [7, 11) is 0. The molecule has 0 aliphatic heterocycles. The van der Waals surface area contributed by atoms with Gasteiger partial charge >= 0.3 is 12.1 Å². The number of ether oxygens (including phenoxy) is 2. The molecular formula is C13H17NO5. The van der Waals surface area contributed by atoms with E-state index in [9.17, 15) is 9.59 Å². The molecule has 6 nitrogen and oxygen atoms in total. The van der Waals surface area contributed by atoms with Crippen molar-refractivity contribution in [1.82, 2.24) is 5.32 Å². The molecule has 104 valence electrons. The van der Waals surface area contributed by atoms with E-state index in [2.05, 4.69) is 10.1 Å². The number of carbonyl (C=O) groups is 2. The third-order valence-electron chi connectivity index (χ3n) is 2.26. The minimum atomic E-state index is -1.17. The van der Waals surface area contributed by atoms with Gasteiger partial charge in [0.15, 0.2) is 6.04 Å². The Morgan fingerprint density at radius 3 is 2.58 bits per heavy atom. The van der Waals surface area contributed by atoms with E-state index in [1.165, 1.54) is 0 Å². The Bertz CT molecular complexity index is 407. The second-order valence-electron chi connectivity index (χ2n) is 3.76. The van der Waals surface area contributed by atoms with Crippen molar-refractivity contribution in [3.63, 3.8) is 0 Å². The number of carboxylic acid groups (broad SMARTS) is 1. The summed E-state index contributed by atoms with van der Waals surface area (Å²) in [6, 6.07) is 8.23. The van der Waals surface area contributed by atoms with Gasteiger partial charge in [0, 0.05) is 0 Å². The fraction of sp³-hybridized carbons (Fsp3) is 0.385. The maximum atomic E-state index is 11.1. The molecule has 1 aromatic rings. The third-order valence-corrected chi connectivity index (χ3v) is 2.26. The van der Waals surface area contributed by atoms with Gasteiger partial charge in [-0.15, -0.1) is 0 Å². The van der Waals surface area contributed by atoms with Gasteiger partial charge in [0.2, 0.25) is 0 Å². The first-order valence-corrected chi connectivity index (χ1v) is 5.91. The smallest absolute Gasteiger partial charge is 0.407 e. The molecule has 1 aromatic carbocycles. The number of alkyl carbamates (subject to hydrolysis) is 1. The lowest BCUT2D eigenvalue weighted by molar-refractivity contribution is -0.141. The summed E-state index contributed by atoms with van der Waals surface area (Å²) in [5.74, 6) is -1.17. The van der Waals surface area contributed by atoms with Gasteiger partial charge in [-0.2, -0.15) is 0 Å². The highest BCUT2D eigenvalue weighted by Gasteiger charge is 2.20. The molecule has 0 bridgehead atoms. The van der Waals surface area contributed by atoms with Gasteiger partial charge < -0.3 is 19.9 Å². The first kappa shape index (κ1) is 15.0. The van der Waals surface area contributed by atoms with Crippen LogP contribution >= 0.6 is 0 Å². The molecule has 1 atom stereocenters. The van der Waals surface area contributed by atoms with Gasteiger partial charge in [-0.25, -0.2) is 9.59 Å². The summed E-state index contributed by atoms with van der Waals surface area (Å²) < 4.78 is 9.89. The van der Waals surface area contributed by atoms with Gasteiger partial charge in [-0.1, -0.05) is 30.3 Å². The first-order valence-electron chi connectivity index (χ1n) is 5.91. The van der Waals surface area contributed by atoms with Crippen LogP contribution in [-0.4, -0.2) is 36.4 Å². The number of nitrogens with one attached hydrogen (secondary N) is 1. The van der Waals surface area contributed by atoms with Gasteiger partial charge in [-0.05, 0) is 12.5 Å². The first-order chi connectivity index (χ1) is 9.13. The third kappa shape index (κ3) is 5.87. The predicted octanol–water partition coefficient (Wildman–Crippen LogP) is 1.40. The van der Waals surface area contributed by atoms with Gasteiger partial charge in [0.25, 0.3) is 0 Å². The van der Waals surface area contributed by atoms with E-state index in [-0.39, 0.29) is 19.8 Å². The average molecular weight is 267 g/mol. The zero-order valence-electron chi connectivity index (χ0n) is 10.7. The molecule has 0 spiro atoms. The Balaban J connectivity index is 2.38. The van der Waals surface area contributed by atoms with Gasteiger partial charge in [0.1, 0.15) is 0 Å². The lowest BCUT2D eigenvalue weighted by Crippen LogP contribution is -2.44. The molecule has 2 N–H and O–H groups in total. The minimum Gasteiger partial charge on any atom is -0.480 e. The minimum absolute atomic E-state index is 0.122. The van der Waals surface area contributed by atoms with E-state index in [0.29, 0.717) is 0 Å². The SMILES string of the molecule is CCOC(=O)N[C@@H](COCc1ccccc1)C(=O)O. The Morgan fingerprint density at radius 1 is 1.32 bits per heavy atom. The van der Waals surface area contributed by atoms with Crippen molar-refractivity contribution < 1.29 is 24.2 Å². The largest absolute Gasteiger partial charge is 0.480 e. The molecule has 19 heavy (non-hydrogen) atoms. The highest BCUT2D eigenvalue weighted by molar-refractivity contribution is 5.79. The second kappa shape index (κ2) is 8.10. The number of rotatable bonds is 7. The lowest BCUT2D eigenvalue weighted by atomic mass is 10.2. The zero-order chi connectivity index (χ0) is 14.1. The normalized spacial score (nSPS) is 11.6. The van der Waals surface area contributed by atoms with Crippen LogP contribution in [0.1, 0.15) is 12.5 Å². The topological polar surface area (TPSA) is 84.9 Å². The highest BCUT2D eigenvalue weighted by atomic mass is 16.5. The number of hydrogen-bond donors (Lipinski definition) is 2. The fourth-order valence-corrected chi connectivity index (χ4v) is 1.36. The number of carboxylic acids is 1. The molecule has 0 radical (unpaired) electrons. The summed E-state index contributed by atoms with van der Waals surface area (Å²) in [6.07, 6.45) is -0.766. The van der Waals surface area contributed by atoms with Crippen LogP contribution in [0.25, 0.3) is 0 Å². The Morgan fingerprint density at radius 2 is 2.00 bits per heavy atom. The molecule has 0 saturated heterocycles. The van der Waals surface area contributed by atoms with E-state index in [0.717, 1.165) is 5.56 Å². The summed E-state index contributed by atoms with van der Waals surface area (Å²) >= 11 is 0. The van der Waals surface area contributed by atoms with Crippen LogP contribution in [0.5, 0.6) is 0 Å². The van der Waals surface area contributed by atoms with Crippen molar-refractivity contribution in [3.05, 3.63) is 35.9 Å². The zero-order valence-corrected chi connectivity index (χ0v) is 10.7. The van der Waals surface area contributed by atoms with Crippen molar-refractivity contribution in [3.8, 4) is 0 Å². The molecular weight excluding hydrogens is 250 g/mol. The van der Waals surface area contributed by atoms with Crippen LogP contribution in [0, 0.1) is 0 Å². The number of benzene rings is 1. The van der Waals surface area contributed by atoms with E-state index in [1.807, 2.05) is 30.3 Å². The lowest BCUT2D eigenvalue weighted by Gasteiger charge is -2.14. The Labute approximate surface area is 111 Å². The Hall–Kier alpha value is -2.08. The van der Waals surface area contributed by atoms with Crippen LogP contribution < -0.4 is 5.32 Å². The number of amides is 1. The van der Waals surface area contributed by atoms with Crippen LogP contribution in [0.4, 0.5) is 4.79 Å². The van der Waals surface area contributed by atoms with E-state index < -0.39 is 18.1 Å². The number of aliphatic carboxylic acids is 1. The van der Waals surface area contributed by atoms with E-state index in [4.69, 9.17) is 9.84 Å². The van der Waals surface area contributed by atoms with Crippen LogP contribution in [0.3, 0.4) is 0 Å². The maximum Gasteiger partial charge on any atom is 0.407 e. The standard InChI is InChI=1S/C13H17NO5/c1-2-19-13(17)14-11(12(15)16)9-18-8-10-6-4-3-5-7-10/h3-7,11H,2,8-9H2,1H3,(H,14,17)(H,15,16)/t11-/m0/s1. The molecule has 0 unspecified atom stereocenters. The molecule has 0 heterocycles. The van der Waals surface area contributed by atoms with Crippen LogP contribution in [0.2, 0.25) is 0 Å². The summed E-state index contributed by atoms with van der Waals surface area (Å²) in [5.41, 5.74) is 0.933. The van der Waals surface area contributed by atoms with Crippen molar-refractivity contribution in [2.75, 3.05) is 13.2 Å². The Kier molecular flexibility index (Phi) is 6.38. The second-order valence-corrected chi connectivity index (χ2v) is 3.76. The quantitative estimate of drug-likeness (QED) is 0.780. The molecule has 0 fully saturated rings. The molecule has 0 saturated carbocycles. The summed E-state index contributed by atoms with van der Waals surface area (Å²) in [4.78, 5) is 22.1. The molecule has 0 aliphatic carbocycles. The average Bonchev–Trinajstić information content (AvgIpc) is 2.39. The van der Waals surface area contributed by atoms with Gasteiger partial charge in [-0.3, -0.25) is 0 Å². The highest BCUT2D eigenvalue weighted by Crippen LogP contribution is 2.01. The number of hydrogen-bond acceptors (Lipinski definition) is 4. The van der Waals surface area contributed by atoms with Crippen molar-refractivity contribution in [2.45, 2.75) is 19.6 Å². The van der Waals surface area contributed by atoms with Crippen molar-refractivity contribution in [1.29, 1.82) is 0 Å². The number of carbonyl (C=O) groups excluding carboxylic acids is 1. The van der Waals surface area contributed by atoms with E-state index in [1.54, 1.807) is 6.92 Å². The van der Waals surface area contributed by atoms with Gasteiger partial charge in [0.05, 0.1) is 19.8 Å². The summed E-state index contributed by atoms with van der Waals surface area (Å²) in [5, 5.41) is 11.2. The molecule has 0 aliphatic rings. The van der Waals surface area contributed by atoms with Crippen LogP contribution in [0.15, 0.2) is 30.3 Å². The molecule has 1 amide bonds. The molecule has 0 aromatic heterocycles.